The Kier molecular flexibility index (Phi) is 6.52. The van der Waals surface area contributed by atoms with Crippen molar-refractivity contribution >= 4 is 17.6 Å². The summed E-state index contributed by atoms with van der Waals surface area (Å²) in [5, 5.41) is 5.01. The molecule has 0 saturated carbocycles. The van der Waals surface area contributed by atoms with Crippen LogP contribution < -0.4 is 15.4 Å². The van der Waals surface area contributed by atoms with Gasteiger partial charge in [-0.3, -0.25) is 10.1 Å². The van der Waals surface area contributed by atoms with Crippen LogP contribution in [0.25, 0.3) is 0 Å². The van der Waals surface area contributed by atoms with E-state index in [0.717, 1.165) is 12.0 Å². The highest BCUT2D eigenvalue weighted by Gasteiger charge is 2.20. The number of nitrogens with one attached hydrogen (secondary N) is 2. The summed E-state index contributed by atoms with van der Waals surface area (Å²) < 4.78 is 6.12. The second-order valence-electron chi connectivity index (χ2n) is 7.77. The lowest BCUT2D eigenvalue weighted by Crippen LogP contribution is -2.34. The van der Waals surface area contributed by atoms with Crippen LogP contribution in [0, 0.1) is 6.92 Å². The Morgan fingerprint density at radius 2 is 1.50 bits per heavy atom. The van der Waals surface area contributed by atoms with Crippen LogP contribution in [-0.4, -0.2) is 17.5 Å². The van der Waals surface area contributed by atoms with Crippen molar-refractivity contribution in [2.75, 3.05) is 5.32 Å². The van der Waals surface area contributed by atoms with Gasteiger partial charge in [-0.1, -0.05) is 48.5 Å². The SMILES string of the molecule is Cc1ccccc1C(=O)NC(=O)Nc1ccc(OC(C)(C)Cc2ccccc2)cc1. The molecular weight excluding hydrogens is 376 g/mol. The zero-order valence-electron chi connectivity index (χ0n) is 17.4. The van der Waals surface area contributed by atoms with Crippen LogP contribution in [0.15, 0.2) is 78.9 Å². The third-order valence-electron chi connectivity index (χ3n) is 4.60. The average molecular weight is 402 g/mol. The number of carbonyl (C=O) groups is 2. The fourth-order valence-electron chi connectivity index (χ4n) is 3.21. The van der Waals surface area contributed by atoms with E-state index in [1.165, 1.54) is 5.56 Å². The van der Waals surface area contributed by atoms with Gasteiger partial charge in [0.05, 0.1) is 0 Å². The molecular formula is C25H26N2O3. The lowest BCUT2D eigenvalue weighted by Gasteiger charge is -2.27. The zero-order valence-corrected chi connectivity index (χ0v) is 17.4. The Hall–Kier alpha value is -3.60. The van der Waals surface area contributed by atoms with Gasteiger partial charge in [0, 0.05) is 17.7 Å². The van der Waals surface area contributed by atoms with Gasteiger partial charge in [-0.15, -0.1) is 0 Å². The van der Waals surface area contributed by atoms with Gasteiger partial charge >= 0.3 is 6.03 Å². The summed E-state index contributed by atoms with van der Waals surface area (Å²) in [5.74, 6) is 0.270. The summed E-state index contributed by atoms with van der Waals surface area (Å²) in [6.07, 6.45) is 0.775. The summed E-state index contributed by atoms with van der Waals surface area (Å²) in [4.78, 5) is 24.4. The quantitative estimate of drug-likeness (QED) is 0.583. The third kappa shape index (κ3) is 5.95. The fourth-order valence-corrected chi connectivity index (χ4v) is 3.21. The summed E-state index contributed by atoms with van der Waals surface area (Å²) in [6.45, 7) is 5.90. The molecule has 3 aromatic carbocycles. The summed E-state index contributed by atoms with van der Waals surface area (Å²) in [6, 6.07) is 23.8. The van der Waals surface area contributed by atoms with E-state index >= 15 is 0 Å². The molecule has 5 heteroatoms. The van der Waals surface area contributed by atoms with Crippen molar-refractivity contribution < 1.29 is 14.3 Å². The first kappa shape index (κ1) is 21.1. The van der Waals surface area contributed by atoms with E-state index in [0.29, 0.717) is 17.0 Å². The number of benzene rings is 3. The molecule has 0 atom stereocenters. The Bertz CT molecular complexity index is 1010. The molecule has 0 heterocycles. The van der Waals surface area contributed by atoms with Crippen LogP contribution in [-0.2, 0) is 6.42 Å². The topological polar surface area (TPSA) is 67.4 Å². The molecule has 2 N–H and O–H groups in total. The number of carbonyl (C=O) groups excluding carboxylic acids is 2. The smallest absolute Gasteiger partial charge is 0.326 e. The number of anilines is 1. The van der Waals surface area contributed by atoms with Crippen LogP contribution in [0.3, 0.4) is 0 Å². The van der Waals surface area contributed by atoms with Gasteiger partial charge in [0.2, 0.25) is 0 Å². The zero-order chi connectivity index (χ0) is 21.6. The van der Waals surface area contributed by atoms with Crippen molar-refractivity contribution in [1.82, 2.24) is 5.32 Å². The monoisotopic (exact) mass is 402 g/mol. The highest BCUT2D eigenvalue weighted by molar-refractivity contribution is 6.08. The molecule has 30 heavy (non-hydrogen) atoms. The molecule has 0 fully saturated rings. The van der Waals surface area contributed by atoms with E-state index in [9.17, 15) is 9.59 Å². The second-order valence-corrected chi connectivity index (χ2v) is 7.77. The maximum atomic E-state index is 12.2. The van der Waals surface area contributed by atoms with E-state index in [1.807, 2.05) is 51.1 Å². The Labute approximate surface area is 177 Å². The highest BCUT2D eigenvalue weighted by atomic mass is 16.5. The number of hydrogen-bond donors (Lipinski definition) is 2. The van der Waals surface area contributed by atoms with Crippen molar-refractivity contribution in [3.8, 4) is 5.75 Å². The van der Waals surface area contributed by atoms with Gasteiger partial charge in [-0.25, -0.2) is 4.79 Å². The minimum Gasteiger partial charge on any atom is -0.488 e. The van der Waals surface area contributed by atoms with E-state index in [1.54, 1.807) is 36.4 Å². The number of aryl methyl sites for hydroxylation is 1. The molecule has 0 aliphatic carbocycles. The molecule has 0 unspecified atom stereocenters. The van der Waals surface area contributed by atoms with E-state index in [4.69, 9.17) is 4.74 Å². The predicted octanol–water partition coefficient (Wildman–Crippen LogP) is 5.36. The number of amides is 3. The fraction of sp³-hybridized carbons (Fsp3) is 0.200. The molecule has 0 aliphatic rings. The molecule has 0 aliphatic heterocycles. The molecule has 0 saturated heterocycles. The predicted molar refractivity (Wildman–Crippen MR) is 119 cm³/mol. The third-order valence-corrected chi connectivity index (χ3v) is 4.60. The normalized spacial score (nSPS) is 10.9. The molecule has 0 aromatic heterocycles. The first-order chi connectivity index (χ1) is 14.3. The first-order valence-corrected chi connectivity index (χ1v) is 9.83. The van der Waals surface area contributed by atoms with Crippen molar-refractivity contribution in [2.45, 2.75) is 32.8 Å². The highest BCUT2D eigenvalue weighted by Crippen LogP contribution is 2.23. The first-order valence-electron chi connectivity index (χ1n) is 9.83. The largest absolute Gasteiger partial charge is 0.488 e. The van der Waals surface area contributed by atoms with Crippen LogP contribution in [0.4, 0.5) is 10.5 Å². The van der Waals surface area contributed by atoms with Crippen LogP contribution in [0.1, 0.15) is 35.3 Å². The average Bonchev–Trinajstić information content (AvgIpc) is 2.70. The molecule has 3 amide bonds. The van der Waals surface area contributed by atoms with Gasteiger partial charge in [-0.05, 0) is 62.2 Å². The Morgan fingerprint density at radius 1 is 0.867 bits per heavy atom. The minimum atomic E-state index is -0.582. The molecule has 0 radical (unpaired) electrons. The molecule has 5 nitrogen and oxygen atoms in total. The van der Waals surface area contributed by atoms with E-state index < -0.39 is 11.9 Å². The lowest BCUT2D eigenvalue weighted by atomic mass is 9.98. The van der Waals surface area contributed by atoms with Crippen molar-refractivity contribution in [2.24, 2.45) is 0 Å². The van der Waals surface area contributed by atoms with E-state index in [2.05, 4.69) is 22.8 Å². The van der Waals surface area contributed by atoms with E-state index in [-0.39, 0.29) is 5.60 Å². The van der Waals surface area contributed by atoms with Crippen LogP contribution in [0.2, 0.25) is 0 Å². The molecule has 0 spiro atoms. The van der Waals surface area contributed by atoms with Gasteiger partial charge in [-0.2, -0.15) is 0 Å². The van der Waals surface area contributed by atoms with Gasteiger partial charge in [0.1, 0.15) is 11.4 Å². The summed E-state index contributed by atoms with van der Waals surface area (Å²) in [5.41, 5.74) is 2.67. The van der Waals surface area contributed by atoms with Crippen LogP contribution >= 0.6 is 0 Å². The summed E-state index contributed by atoms with van der Waals surface area (Å²) >= 11 is 0. The Morgan fingerprint density at radius 3 is 2.17 bits per heavy atom. The lowest BCUT2D eigenvalue weighted by molar-refractivity contribution is 0.0966. The van der Waals surface area contributed by atoms with Crippen molar-refractivity contribution in [1.29, 1.82) is 0 Å². The second kappa shape index (κ2) is 9.27. The summed E-state index contributed by atoms with van der Waals surface area (Å²) in [7, 11) is 0. The minimum absolute atomic E-state index is 0.381. The molecule has 3 rings (SSSR count). The number of urea groups is 1. The van der Waals surface area contributed by atoms with Crippen LogP contribution in [0.5, 0.6) is 5.75 Å². The van der Waals surface area contributed by atoms with Crippen molar-refractivity contribution in [3.05, 3.63) is 95.6 Å². The van der Waals surface area contributed by atoms with Crippen molar-refractivity contribution in [3.63, 3.8) is 0 Å². The molecule has 154 valence electrons. The Balaban J connectivity index is 1.55. The molecule has 3 aromatic rings. The number of hydrogen-bond acceptors (Lipinski definition) is 3. The van der Waals surface area contributed by atoms with Gasteiger partial charge in [0.25, 0.3) is 5.91 Å². The number of rotatable bonds is 6. The standard InChI is InChI=1S/C25H26N2O3/c1-18-9-7-8-12-22(18)23(28)27-24(29)26-20-13-15-21(16-14-20)30-25(2,3)17-19-10-5-4-6-11-19/h4-16H,17H2,1-3H3,(H2,26,27,28,29). The maximum Gasteiger partial charge on any atom is 0.326 e. The maximum absolute atomic E-state index is 12.2. The van der Waals surface area contributed by atoms with Gasteiger partial charge in [0.15, 0.2) is 0 Å². The number of ether oxygens (including phenoxy) is 1. The number of imide groups is 1. The van der Waals surface area contributed by atoms with Gasteiger partial charge < -0.3 is 10.1 Å². The molecule has 0 bridgehead atoms.